The first-order chi connectivity index (χ1) is 9.83. The summed E-state index contributed by atoms with van der Waals surface area (Å²) in [7, 11) is -2.35. The first kappa shape index (κ1) is 16.3. The van der Waals surface area contributed by atoms with Crippen LogP contribution in [0.15, 0.2) is 50.2 Å². The monoisotopic (exact) mass is 437 g/mol. The average Bonchev–Trinajstić information content (AvgIpc) is 2.41. The lowest BCUT2D eigenvalue weighted by molar-refractivity contribution is 0.412. The number of nitrogens with one attached hydrogen (secondary N) is 1. The van der Waals surface area contributed by atoms with Crippen LogP contribution in [-0.2, 0) is 10.0 Å². The fraction of sp³-hybridized carbons (Fsp3) is 0.0769. The number of benzene rings is 2. The molecule has 112 valence electrons. The second-order valence-electron chi connectivity index (χ2n) is 4.03. The fourth-order valence-electron chi connectivity index (χ4n) is 1.59. The van der Waals surface area contributed by atoms with Crippen LogP contribution >= 0.6 is 31.9 Å². The summed E-state index contributed by atoms with van der Waals surface area (Å²) in [5, 5.41) is 0. The maximum Gasteiger partial charge on any atom is 0.261 e. The topological polar surface area (TPSA) is 55.4 Å². The smallest absolute Gasteiger partial charge is 0.261 e. The molecule has 1 N–H and O–H groups in total. The predicted molar refractivity (Wildman–Crippen MR) is 85.6 cm³/mol. The van der Waals surface area contributed by atoms with E-state index in [-0.39, 0.29) is 9.37 Å². The van der Waals surface area contributed by atoms with E-state index in [9.17, 15) is 12.8 Å². The van der Waals surface area contributed by atoms with E-state index in [1.54, 1.807) is 18.2 Å². The molecule has 0 saturated heterocycles. The molecule has 0 radical (unpaired) electrons. The Morgan fingerprint density at radius 3 is 2.38 bits per heavy atom. The molecular formula is C13H10Br2FNO3S. The number of halogens is 3. The van der Waals surface area contributed by atoms with E-state index in [0.29, 0.717) is 15.9 Å². The van der Waals surface area contributed by atoms with Gasteiger partial charge in [-0.3, -0.25) is 4.72 Å². The van der Waals surface area contributed by atoms with E-state index in [2.05, 4.69) is 36.6 Å². The van der Waals surface area contributed by atoms with E-state index < -0.39 is 15.8 Å². The second-order valence-corrected chi connectivity index (χ2v) is 7.42. The Morgan fingerprint density at radius 2 is 1.81 bits per heavy atom. The number of ether oxygens (including phenoxy) is 1. The highest BCUT2D eigenvalue weighted by atomic mass is 79.9. The highest BCUT2D eigenvalue weighted by Gasteiger charge is 2.16. The molecule has 0 unspecified atom stereocenters. The molecule has 2 aromatic carbocycles. The third-order valence-electron chi connectivity index (χ3n) is 2.61. The molecule has 0 aliphatic rings. The summed E-state index contributed by atoms with van der Waals surface area (Å²) in [6.45, 7) is 0. The maximum atomic E-state index is 13.4. The van der Waals surface area contributed by atoms with Crippen LogP contribution < -0.4 is 9.46 Å². The van der Waals surface area contributed by atoms with Gasteiger partial charge in [0.15, 0.2) is 0 Å². The van der Waals surface area contributed by atoms with E-state index in [4.69, 9.17) is 4.74 Å². The van der Waals surface area contributed by atoms with Gasteiger partial charge in [-0.2, -0.15) is 0 Å². The number of hydrogen-bond donors (Lipinski definition) is 1. The highest BCUT2D eigenvalue weighted by Crippen LogP contribution is 2.29. The first-order valence-corrected chi connectivity index (χ1v) is 8.72. The van der Waals surface area contributed by atoms with Crippen LogP contribution in [0, 0.1) is 5.82 Å². The summed E-state index contributed by atoms with van der Waals surface area (Å²) in [6.07, 6.45) is 0. The Morgan fingerprint density at radius 1 is 1.10 bits per heavy atom. The van der Waals surface area contributed by atoms with Crippen molar-refractivity contribution < 1.29 is 17.5 Å². The molecule has 21 heavy (non-hydrogen) atoms. The SMILES string of the molecule is COc1ccc(NS(=O)(=O)c2ccc(Br)c(F)c2)cc1Br. The van der Waals surface area contributed by atoms with Gasteiger partial charge >= 0.3 is 0 Å². The summed E-state index contributed by atoms with van der Waals surface area (Å²) >= 11 is 6.24. The van der Waals surface area contributed by atoms with Gasteiger partial charge in [0, 0.05) is 0 Å². The summed E-state index contributed by atoms with van der Waals surface area (Å²) in [4.78, 5) is -0.157. The third kappa shape index (κ3) is 3.75. The molecule has 0 fully saturated rings. The van der Waals surface area contributed by atoms with Crippen molar-refractivity contribution in [3.05, 3.63) is 51.2 Å². The summed E-state index contributed by atoms with van der Waals surface area (Å²) < 4.78 is 46.1. The Hall–Kier alpha value is -1.12. The molecule has 2 rings (SSSR count). The van der Waals surface area contributed by atoms with Gasteiger partial charge in [-0.25, -0.2) is 12.8 Å². The number of hydrogen-bond acceptors (Lipinski definition) is 3. The lowest BCUT2D eigenvalue weighted by Crippen LogP contribution is -2.13. The molecule has 8 heteroatoms. The van der Waals surface area contributed by atoms with Gasteiger partial charge in [-0.1, -0.05) is 0 Å². The van der Waals surface area contributed by atoms with Gasteiger partial charge < -0.3 is 4.74 Å². The largest absolute Gasteiger partial charge is 0.496 e. The zero-order valence-electron chi connectivity index (χ0n) is 10.7. The lowest BCUT2D eigenvalue weighted by Gasteiger charge is -2.10. The van der Waals surface area contributed by atoms with Crippen LogP contribution in [-0.4, -0.2) is 15.5 Å². The van der Waals surface area contributed by atoms with E-state index in [1.165, 1.54) is 19.2 Å². The standard InChI is InChI=1S/C13H10Br2FNO3S/c1-20-13-5-2-8(6-11(13)15)17-21(18,19)9-3-4-10(14)12(16)7-9/h2-7,17H,1H3. The molecule has 0 amide bonds. The zero-order valence-corrected chi connectivity index (χ0v) is 14.7. The van der Waals surface area contributed by atoms with Gasteiger partial charge in [0.05, 0.1) is 26.6 Å². The lowest BCUT2D eigenvalue weighted by atomic mass is 10.3. The molecule has 0 heterocycles. The molecule has 0 aliphatic carbocycles. The minimum atomic E-state index is -3.86. The quantitative estimate of drug-likeness (QED) is 0.779. The van der Waals surface area contributed by atoms with Crippen molar-refractivity contribution in [2.45, 2.75) is 4.90 Å². The van der Waals surface area contributed by atoms with Crippen LogP contribution in [0.3, 0.4) is 0 Å². The van der Waals surface area contributed by atoms with Crippen LogP contribution in [0.2, 0.25) is 0 Å². The summed E-state index contributed by atoms with van der Waals surface area (Å²) in [5.74, 6) is -0.0681. The number of rotatable bonds is 4. The van der Waals surface area contributed by atoms with Crippen LogP contribution in [0.4, 0.5) is 10.1 Å². The first-order valence-electron chi connectivity index (χ1n) is 5.65. The molecule has 2 aromatic rings. The second kappa shape index (κ2) is 6.33. The number of anilines is 1. The average molecular weight is 439 g/mol. The molecular weight excluding hydrogens is 429 g/mol. The summed E-state index contributed by atoms with van der Waals surface area (Å²) in [6, 6.07) is 8.33. The molecule has 4 nitrogen and oxygen atoms in total. The molecule has 0 saturated carbocycles. The Balaban J connectivity index is 2.32. The van der Waals surface area contributed by atoms with Crippen molar-refractivity contribution >= 4 is 47.6 Å². The Kier molecular flexibility index (Phi) is 4.90. The van der Waals surface area contributed by atoms with Crippen LogP contribution in [0.5, 0.6) is 5.75 Å². The Labute approximate surface area is 138 Å². The van der Waals surface area contributed by atoms with Crippen LogP contribution in [0.25, 0.3) is 0 Å². The van der Waals surface area contributed by atoms with Crippen LogP contribution in [0.1, 0.15) is 0 Å². The van der Waals surface area contributed by atoms with Crippen molar-refractivity contribution in [3.63, 3.8) is 0 Å². The molecule has 0 aromatic heterocycles. The predicted octanol–water partition coefficient (Wildman–Crippen LogP) is 4.16. The van der Waals surface area contributed by atoms with Gasteiger partial charge in [-0.15, -0.1) is 0 Å². The van der Waals surface area contributed by atoms with E-state index >= 15 is 0 Å². The Bertz CT molecular complexity index is 781. The van der Waals surface area contributed by atoms with Crippen molar-refractivity contribution in [1.29, 1.82) is 0 Å². The normalized spacial score (nSPS) is 11.2. The minimum Gasteiger partial charge on any atom is -0.496 e. The maximum absolute atomic E-state index is 13.4. The van der Waals surface area contributed by atoms with E-state index in [1.807, 2.05) is 0 Å². The summed E-state index contributed by atoms with van der Waals surface area (Å²) in [5.41, 5.74) is 0.339. The molecule has 0 spiro atoms. The van der Waals surface area contributed by atoms with Gasteiger partial charge in [-0.05, 0) is 68.3 Å². The van der Waals surface area contributed by atoms with Gasteiger partial charge in [0.25, 0.3) is 10.0 Å². The molecule has 0 atom stereocenters. The van der Waals surface area contributed by atoms with E-state index in [0.717, 1.165) is 6.07 Å². The fourth-order valence-corrected chi connectivity index (χ4v) is 3.44. The molecule has 0 bridgehead atoms. The van der Waals surface area contributed by atoms with Gasteiger partial charge in [0.1, 0.15) is 11.6 Å². The van der Waals surface area contributed by atoms with Crippen molar-refractivity contribution in [1.82, 2.24) is 0 Å². The molecule has 0 aliphatic heterocycles. The van der Waals surface area contributed by atoms with Crippen molar-refractivity contribution in [2.75, 3.05) is 11.8 Å². The van der Waals surface area contributed by atoms with Gasteiger partial charge in [0.2, 0.25) is 0 Å². The minimum absolute atomic E-state index is 0.157. The number of methoxy groups -OCH3 is 1. The zero-order chi connectivity index (χ0) is 15.6. The third-order valence-corrected chi connectivity index (χ3v) is 5.25. The number of sulfonamides is 1. The highest BCUT2D eigenvalue weighted by molar-refractivity contribution is 9.10. The van der Waals surface area contributed by atoms with Crippen molar-refractivity contribution in [3.8, 4) is 5.75 Å². The van der Waals surface area contributed by atoms with Crippen molar-refractivity contribution in [2.24, 2.45) is 0 Å².